The monoisotopic (exact) mass is 463 g/mol. The lowest BCUT2D eigenvalue weighted by atomic mass is 9.95. The fraction of sp³-hybridized carbons (Fsp3) is 0.273. The van der Waals surface area contributed by atoms with Gasteiger partial charge in [-0.3, -0.25) is 9.59 Å². The smallest absolute Gasteiger partial charge is 0.295 e. The Morgan fingerprint density at radius 3 is 2.55 bits per heavy atom. The molecule has 1 amide bonds. The van der Waals surface area contributed by atoms with Gasteiger partial charge in [0.15, 0.2) is 11.5 Å². The van der Waals surface area contributed by atoms with E-state index in [0.717, 1.165) is 0 Å². The highest BCUT2D eigenvalue weighted by Gasteiger charge is 2.46. The zero-order valence-electron chi connectivity index (χ0n) is 16.6. The molecule has 0 saturated carbocycles. The molecule has 0 aromatic heterocycles. The van der Waals surface area contributed by atoms with Crippen LogP contribution in [0.4, 0.5) is 0 Å². The number of Topliss-reactive ketones (excluding diaryl/α,β-unsaturated/α-hetero) is 1. The van der Waals surface area contributed by atoms with Gasteiger partial charge in [-0.15, -0.1) is 0 Å². The summed E-state index contributed by atoms with van der Waals surface area (Å²) in [6.45, 7) is 1.22. The van der Waals surface area contributed by atoms with E-state index < -0.39 is 17.7 Å². The average molecular weight is 464 g/mol. The van der Waals surface area contributed by atoms with Crippen LogP contribution < -0.4 is 9.47 Å². The molecule has 1 saturated heterocycles. The van der Waals surface area contributed by atoms with Crippen molar-refractivity contribution in [3.63, 3.8) is 0 Å². The Bertz CT molecular complexity index is 1080. The highest BCUT2D eigenvalue weighted by atomic mass is 35.5. The van der Waals surface area contributed by atoms with Crippen molar-refractivity contribution >= 4 is 40.7 Å². The van der Waals surface area contributed by atoms with E-state index in [1.54, 1.807) is 18.2 Å². The number of hydrogen-bond acceptors (Lipinski definition) is 6. The maximum atomic E-state index is 13.0. The van der Waals surface area contributed by atoms with Crippen molar-refractivity contribution < 1.29 is 28.9 Å². The summed E-state index contributed by atoms with van der Waals surface area (Å²) in [6, 6.07) is 8.84. The average Bonchev–Trinajstić information content (AvgIpc) is 3.03. The van der Waals surface area contributed by atoms with E-state index in [4.69, 9.17) is 37.4 Å². The number of aliphatic hydroxyl groups excluding tert-OH is 1. The number of carbonyl (C=O) groups excluding carboxylic acids is 2. The van der Waals surface area contributed by atoms with Crippen LogP contribution in [0, 0.1) is 0 Å². The van der Waals surface area contributed by atoms with Crippen LogP contribution in [0.3, 0.4) is 0 Å². The van der Waals surface area contributed by atoms with Crippen molar-refractivity contribution in [2.45, 2.75) is 6.04 Å². The van der Waals surface area contributed by atoms with Gasteiger partial charge in [0.25, 0.3) is 11.7 Å². The molecule has 9 heteroatoms. The van der Waals surface area contributed by atoms with Crippen molar-refractivity contribution in [3.8, 4) is 11.5 Å². The number of fused-ring (bicyclic) bond motifs is 1. The SMILES string of the molecule is COCCN1C(=O)C(=O)/C(=C(\O)c2ccc(Cl)c(Cl)c2)C1c1ccc2c(c1)OCCO2. The number of amides is 1. The van der Waals surface area contributed by atoms with E-state index >= 15 is 0 Å². The number of aliphatic hydroxyl groups is 1. The first-order chi connectivity index (χ1) is 14.9. The molecular formula is C22H19Cl2NO6. The second-order valence-corrected chi connectivity index (χ2v) is 7.83. The minimum absolute atomic E-state index is 0.0452. The Morgan fingerprint density at radius 1 is 1.10 bits per heavy atom. The summed E-state index contributed by atoms with van der Waals surface area (Å²) in [7, 11) is 1.51. The Balaban J connectivity index is 1.86. The van der Waals surface area contributed by atoms with E-state index in [-0.39, 0.29) is 35.1 Å². The molecular weight excluding hydrogens is 445 g/mol. The van der Waals surface area contributed by atoms with Crippen molar-refractivity contribution in [1.82, 2.24) is 4.90 Å². The van der Waals surface area contributed by atoms with E-state index in [1.807, 2.05) is 0 Å². The van der Waals surface area contributed by atoms with Crippen LogP contribution in [-0.4, -0.2) is 55.2 Å². The first kappa shape index (κ1) is 21.5. The number of halogens is 2. The standard InChI is InChI=1S/C22H19Cl2NO6/c1-29-7-6-25-19(12-3-5-16-17(11-12)31-9-8-30-16)18(21(27)22(25)28)20(26)13-2-4-14(23)15(24)10-13/h2-5,10-11,19,26H,6-9H2,1H3/b20-18-. The van der Waals surface area contributed by atoms with Gasteiger partial charge in [0.1, 0.15) is 19.0 Å². The van der Waals surface area contributed by atoms with Crippen LogP contribution in [0.1, 0.15) is 17.2 Å². The van der Waals surface area contributed by atoms with Crippen LogP contribution in [0.5, 0.6) is 11.5 Å². The summed E-state index contributed by atoms with van der Waals surface area (Å²) in [6.07, 6.45) is 0. The summed E-state index contributed by atoms with van der Waals surface area (Å²) < 4.78 is 16.3. The third-order valence-corrected chi connectivity index (χ3v) is 5.89. The van der Waals surface area contributed by atoms with E-state index in [2.05, 4.69) is 0 Å². The molecule has 4 rings (SSSR count). The number of hydrogen-bond donors (Lipinski definition) is 1. The molecule has 0 spiro atoms. The van der Waals surface area contributed by atoms with Crippen LogP contribution in [0.25, 0.3) is 5.76 Å². The number of methoxy groups -OCH3 is 1. The fourth-order valence-corrected chi connectivity index (χ4v) is 3.97. The zero-order chi connectivity index (χ0) is 22.1. The van der Waals surface area contributed by atoms with Gasteiger partial charge in [-0.2, -0.15) is 0 Å². The molecule has 1 unspecified atom stereocenters. The van der Waals surface area contributed by atoms with Gasteiger partial charge in [0.05, 0.1) is 28.3 Å². The number of ether oxygens (including phenoxy) is 3. The minimum atomic E-state index is -0.833. The number of likely N-dealkylation sites (tertiary alicyclic amines) is 1. The number of carbonyl (C=O) groups is 2. The molecule has 162 valence electrons. The second-order valence-electron chi connectivity index (χ2n) is 7.02. The zero-order valence-corrected chi connectivity index (χ0v) is 18.1. The molecule has 2 aliphatic heterocycles. The van der Waals surface area contributed by atoms with Crippen LogP contribution in [-0.2, 0) is 14.3 Å². The quantitative estimate of drug-likeness (QED) is 0.411. The van der Waals surface area contributed by atoms with Gasteiger partial charge in [-0.1, -0.05) is 29.3 Å². The maximum Gasteiger partial charge on any atom is 0.295 e. The largest absolute Gasteiger partial charge is 0.507 e. The summed E-state index contributed by atoms with van der Waals surface area (Å²) in [5.74, 6) is -0.765. The van der Waals surface area contributed by atoms with Crippen molar-refractivity contribution in [1.29, 1.82) is 0 Å². The first-order valence-electron chi connectivity index (χ1n) is 9.54. The number of nitrogens with zero attached hydrogens (tertiary/aromatic N) is 1. The molecule has 0 radical (unpaired) electrons. The Morgan fingerprint density at radius 2 is 1.84 bits per heavy atom. The maximum absolute atomic E-state index is 13.0. The molecule has 1 N–H and O–H groups in total. The van der Waals surface area contributed by atoms with Crippen LogP contribution in [0.2, 0.25) is 10.0 Å². The van der Waals surface area contributed by atoms with E-state index in [1.165, 1.54) is 30.2 Å². The van der Waals surface area contributed by atoms with E-state index in [0.29, 0.717) is 35.3 Å². The molecule has 2 aromatic rings. The van der Waals surface area contributed by atoms with Crippen molar-refractivity contribution in [2.75, 3.05) is 33.5 Å². The Hall–Kier alpha value is -2.74. The number of rotatable bonds is 5. The van der Waals surface area contributed by atoms with Gasteiger partial charge >= 0.3 is 0 Å². The third kappa shape index (κ3) is 3.96. The normalized spacial score (nSPS) is 19.7. The summed E-state index contributed by atoms with van der Waals surface area (Å²) in [5.41, 5.74) is 0.832. The van der Waals surface area contributed by atoms with Crippen LogP contribution in [0.15, 0.2) is 42.0 Å². The molecule has 1 fully saturated rings. The Labute approximate surface area is 188 Å². The highest BCUT2D eigenvalue weighted by molar-refractivity contribution is 6.46. The molecule has 2 aromatic carbocycles. The lowest BCUT2D eigenvalue weighted by Gasteiger charge is -2.26. The fourth-order valence-electron chi connectivity index (χ4n) is 3.68. The summed E-state index contributed by atoms with van der Waals surface area (Å²) in [5, 5.41) is 11.6. The van der Waals surface area contributed by atoms with Gasteiger partial charge in [0.2, 0.25) is 0 Å². The van der Waals surface area contributed by atoms with Crippen LogP contribution >= 0.6 is 23.2 Å². The molecule has 2 aliphatic rings. The van der Waals surface area contributed by atoms with Gasteiger partial charge < -0.3 is 24.2 Å². The third-order valence-electron chi connectivity index (χ3n) is 5.15. The Kier molecular flexibility index (Phi) is 6.09. The lowest BCUT2D eigenvalue weighted by Crippen LogP contribution is -2.32. The minimum Gasteiger partial charge on any atom is -0.507 e. The number of ketones is 1. The molecule has 7 nitrogen and oxygen atoms in total. The highest BCUT2D eigenvalue weighted by Crippen LogP contribution is 2.42. The summed E-state index contributed by atoms with van der Waals surface area (Å²) in [4.78, 5) is 27.2. The van der Waals surface area contributed by atoms with E-state index in [9.17, 15) is 14.7 Å². The summed E-state index contributed by atoms with van der Waals surface area (Å²) >= 11 is 12.1. The van der Waals surface area contributed by atoms with Crippen molar-refractivity contribution in [2.24, 2.45) is 0 Å². The molecule has 1 atom stereocenters. The molecule has 0 aliphatic carbocycles. The lowest BCUT2D eigenvalue weighted by molar-refractivity contribution is -0.140. The predicted octanol–water partition coefficient (Wildman–Crippen LogP) is 3.83. The predicted molar refractivity (Wildman–Crippen MR) is 115 cm³/mol. The first-order valence-corrected chi connectivity index (χ1v) is 10.3. The topological polar surface area (TPSA) is 85.3 Å². The van der Waals surface area contributed by atoms with Gasteiger partial charge in [0, 0.05) is 19.2 Å². The van der Waals surface area contributed by atoms with Crippen molar-refractivity contribution in [3.05, 3.63) is 63.1 Å². The van der Waals surface area contributed by atoms with Gasteiger partial charge in [-0.05, 0) is 35.9 Å². The molecule has 31 heavy (non-hydrogen) atoms. The number of benzene rings is 2. The van der Waals surface area contributed by atoms with Gasteiger partial charge in [-0.25, -0.2) is 0 Å². The second kappa shape index (κ2) is 8.78. The molecule has 0 bridgehead atoms. The molecule has 2 heterocycles.